The minimum atomic E-state index is -1.33. The van der Waals surface area contributed by atoms with Crippen molar-refractivity contribution < 1.29 is 19.8 Å². The van der Waals surface area contributed by atoms with Gasteiger partial charge in [-0.25, -0.2) is 4.79 Å². The topological polar surface area (TPSA) is 77.8 Å². The molecule has 0 atom stereocenters. The number of aliphatic hydroxyl groups is 1. The molecule has 0 aliphatic heterocycles. The van der Waals surface area contributed by atoms with Gasteiger partial charge in [-0.1, -0.05) is 0 Å². The van der Waals surface area contributed by atoms with Crippen molar-refractivity contribution in [3.8, 4) is 0 Å². The lowest BCUT2D eigenvalue weighted by Gasteiger charge is -2.15. The molecule has 0 unspecified atom stereocenters. The van der Waals surface area contributed by atoms with Crippen LogP contribution in [-0.4, -0.2) is 34.0 Å². The summed E-state index contributed by atoms with van der Waals surface area (Å²) in [7, 11) is 1.28. The number of carbonyl (C=O) groups is 2. The standard InChI is InChI=1S/C7H11NO4/c1-4(9)6(7(11)12)8(3)5(2)10/h9H,1-3H3,(H,11,12)/b6-4+. The molecule has 0 saturated heterocycles. The SMILES string of the molecule is CC(=O)N(C)/C(C(=O)O)=C(\C)O. The van der Waals surface area contributed by atoms with Crippen molar-refractivity contribution in [1.82, 2.24) is 4.90 Å². The highest BCUT2D eigenvalue weighted by atomic mass is 16.4. The normalized spacial score (nSPS) is 11.9. The Balaban J connectivity index is 4.91. The highest BCUT2D eigenvalue weighted by molar-refractivity contribution is 5.92. The lowest BCUT2D eigenvalue weighted by molar-refractivity contribution is -0.138. The number of amides is 1. The first-order chi connectivity index (χ1) is 5.37. The average molecular weight is 173 g/mol. The van der Waals surface area contributed by atoms with Gasteiger partial charge < -0.3 is 15.1 Å². The second kappa shape index (κ2) is 3.75. The average Bonchev–Trinajstić information content (AvgIpc) is 1.85. The lowest BCUT2D eigenvalue weighted by Crippen LogP contribution is -2.28. The highest BCUT2D eigenvalue weighted by Gasteiger charge is 2.19. The van der Waals surface area contributed by atoms with Crippen molar-refractivity contribution in [2.75, 3.05) is 7.05 Å². The van der Waals surface area contributed by atoms with Gasteiger partial charge in [-0.05, 0) is 6.92 Å². The number of hydrogen-bond acceptors (Lipinski definition) is 3. The van der Waals surface area contributed by atoms with E-state index in [1.807, 2.05) is 0 Å². The molecule has 0 aliphatic rings. The van der Waals surface area contributed by atoms with Crippen molar-refractivity contribution in [2.45, 2.75) is 13.8 Å². The predicted octanol–water partition coefficient (Wildman–Crippen LogP) is 0.339. The molecular weight excluding hydrogens is 162 g/mol. The zero-order valence-electron chi connectivity index (χ0n) is 7.16. The van der Waals surface area contributed by atoms with E-state index in [-0.39, 0.29) is 5.76 Å². The maximum absolute atomic E-state index is 10.7. The third-order valence-corrected chi connectivity index (χ3v) is 1.35. The summed E-state index contributed by atoms with van der Waals surface area (Å²) >= 11 is 0. The lowest BCUT2D eigenvalue weighted by atomic mass is 10.3. The molecule has 0 heterocycles. The van der Waals surface area contributed by atoms with Gasteiger partial charge in [0.25, 0.3) is 0 Å². The van der Waals surface area contributed by atoms with Crippen molar-refractivity contribution in [2.24, 2.45) is 0 Å². The van der Waals surface area contributed by atoms with Gasteiger partial charge in [0.15, 0.2) is 5.70 Å². The summed E-state index contributed by atoms with van der Waals surface area (Å²) in [6.45, 7) is 2.43. The fourth-order valence-electron chi connectivity index (χ4n) is 0.698. The fourth-order valence-corrected chi connectivity index (χ4v) is 0.698. The number of hydrogen-bond donors (Lipinski definition) is 2. The summed E-state index contributed by atoms with van der Waals surface area (Å²) in [6, 6.07) is 0. The molecule has 2 N–H and O–H groups in total. The van der Waals surface area contributed by atoms with Crippen LogP contribution >= 0.6 is 0 Å². The maximum Gasteiger partial charge on any atom is 0.356 e. The highest BCUT2D eigenvalue weighted by Crippen LogP contribution is 2.06. The predicted molar refractivity (Wildman–Crippen MR) is 41.4 cm³/mol. The number of likely N-dealkylation sites (N-methyl/N-ethyl adjacent to an activating group) is 1. The molecule has 0 aromatic carbocycles. The van der Waals surface area contributed by atoms with Gasteiger partial charge in [-0.15, -0.1) is 0 Å². The van der Waals surface area contributed by atoms with Gasteiger partial charge in [0.05, 0.1) is 0 Å². The van der Waals surface area contributed by atoms with Crippen LogP contribution in [0.3, 0.4) is 0 Å². The molecule has 12 heavy (non-hydrogen) atoms. The smallest absolute Gasteiger partial charge is 0.356 e. The van der Waals surface area contributed by atoms with Crippen LogP contribution in [-0.2, 0) is 9.59 Å². The molecule has 0 aliphatic carbocycles. The van der Waals surface area contributed by atoms with Crippen LogP contribution in [0.4, 0.5) is 0 Å². The van der Waals surface area contributed by atoms with Gasteiger partial charge >= 0.3 is 5.97 Å². The number of aliphatic hydroxyl groups excluding tert-OH is 1. The number of carboxylic acid groups (broad SMARTS) is 1. The monoisotopic (exact) mass is 173 g/mol. The second-order valence-electron chi connectivity index (χ2n) is 2.32. The molecule has 0 bridgehead atoms. The molecule has 0 saturated carbocycles. The number of aliphatic carboxylic acids is 1. The molecule has 5 nitrogen and oxygen atoms in total. The van der Waals surface area contributed by atoms with E-state index in [1.165, 1.54) is 20.9 Å². The Hall–Kier alpha value is -1.52. The molecular formula is C7H11NO4. The first-order valence-electron chi connectivity index (χ1n) is 3.25. The Morgan fingerprint density at radius 2 is 1.58 bits per heavy atom. The van der Waals surface area contributed by atoms with Gasteiger partial charge in [-0.3, -0.25) is 4.79 Å². The Morgan fingerprint density at radius 1 is 1.17 bits per heavy atom. The molecule has 0 radical (unpaired) electrons. The molecule has 5 heteroatoms. The van der Waals surface area contributed by atoms with Crippen molar-refractivity contribution in [3.63, 3.8) is 0 Å². The molecule has 0 spiro atoms. The third kappa shape index (κ3) is 2.26. The second-order valence-corrected chi connectivity index (χ2v) is 2.32. The van der Waals surface area contributed by atoms with Gasteiger partial charge in [0.1, 0.15) is 5.76 Å². The van der Waals surface area contributed by atoms with Gasteiger partial charge in [-0.2, -0.15) is 0 Å². The van der Waals surface area contributed by atoms with Crippen LogP contribution < -0.4 is 0 Å². The number of rotatable bonds is 2. The maximum atomic E-state index is 10.7. The van der Waals surface area contributed by atoms with E-state index < -0.39 is 17.6 Å². The first-order valence-corrected chi connectivity index (χ1v) is 3.25. The largest absolute Gasteiger partial charge is 0.510 e. The summed E-state index contributed by atoms with van der Waals surface area (Å²) in [4.78, 5) is 22.1. The van der Waals surface area contributed by atoms with Crippen LogP contribution in [0.2, 0.25) is 0 Å². The van der Waals surface area contributed by atoms with Crippen molar-refractivity contribution >= 4 is 11.9 Å². The van der Waals surface area contributed by atoms with Crippen molar-refractivity contribution in [1.29, 1.82) is 0 Å². The molecule has 1 amide bonds. The minimum absolute atomic E-state index is 0.389. The third-order valence-electron chi connectivity index (χ3n) is 1.35. The van der Waals surface area contributed by atoms with Crippen LogP contribution in [0, 0.1) is 0 Å². The number of nitrogens with zero attached hydrogens (tertiary/aromatic N) is 1. The first kappa shape index (κ1) is 10.5. The quantitative estimate of drug-likeness (QED) is 0.466. The zero-order chi connectivity index (χ0) is 9.89. The van der Waals surface area contributed by atoms with Gasteiger partial charge in [0, 0.05) is 14.0 Å². The Morgan fingerprint density at radius 3 is 1.67 bits per heavy atom. The molecule has 68 valence electrons. The zero-order valence-corrected chi connectivity index (χ0v) is 7.16. The molecule has 0 fully saturated rings. The van der Waals surface area contributed by atoms with E-state index in [1.54, 1.807) is 0 Å². The van der Waals surface area contributed by atoms with E-state index >= 15 is 0 Å². The summed E-state index contributed by atoms with van der Waals surface area (Å²) in [5.41, 5.74) is -0.400. The minimum Gasteiger partial charge on any atom is -0.510 e. The Kier molecular flexibility index (Phi) is 3.28. The fraction of sp³-hybridized carbons (Fsp3) is 0.429. The number of carbonyl (C=O) groups excluding carboxylic acids is 1. The Bertz CT molecular complexity index is 240. The van der Waals surface area contributed by atoms with E-state index in [2.05, 4.69) is 0 Å². The van der Waals surface area contributed by atoms with Crippen molar-refractivity contribution in [3.05, 3.63) is 11.5 Å². The van der Waals surface area contributed by atoms with E-state index in [9.17, 15) is 9.59 Å². The molecule has 0 aromatic rings. The number of allylic oxidation sites excluding steroid dienone is 1. The van der Waals surface area contributed by atoms with Crippen LogP contribution in [0.5, 0.6) is 0 Å². The summed E-state index contributed by atoms with van der Waals surface area (Å²) < 4.78 is 0. The Labute approximate surface area is 69.9 Å². The van der Waals surface area contributed by atoms with E-state index in [4.69, 9.17) is 10.2 Å². The van der Waals surface area contributed by atoms with Crippen LogP contribution in [0.1, 0.15) is 13.8 Å². The molecule has 0 aromatic heterocycles. The number of carboxylic acids is 1. The summed E-state index contributed by atoms with van der Waals surface area (Å²) in [5, 5.41) is 17.5. The summed E-state index contributed by atoms with van der Waals surface area (Å²) in [5.74, 6) is -2.16. The summed E-state index contributed by atoms with van der Waals surface area (Å²) in [6.07, 6.45) is 0. The van der Waals surface area contributed by atoms with Crippen LogP contribution in [0.25, 0.3) is 0 Å². The van der Waals surface area contributed by atoms with Crippen LogP contribution in [0.15, 0.2) is 11.5 Å². The molecule has 0 rings (SSSR count). The van der Waals surface area contributed by atoms with E-state index in [0.717, 1.165) is 4.90 Å². The van der Waals surface area contributed by atoms with E-state index in [0.29, 0.717) is 0 Å². The van der Waals surface area contributed by atoms with Gasteiger partial charge in [0.2, 0.25) is 5.91 Å².